The highest BCUT2D eigenvalue weighted by molar-refractivity contribution is 7.91. The van der Waals surface area contributed by atoms with Crippen LogP contribution in [0.2, 0.25) is 0 Å². The average Bonchev–Trinajstić information content (AvgIpc) is 3.09. The van der Waals surface area contributed by atoms with Gasteiger partial charge in [-0.3, -0.25) is 4.79 Å². The van der Waals surface area contributed by atoms with Crippen molar-refractivity contribution in [3.63, 3.8) is 0 Å². The van der Waals surface area contributed by atoms with Crippen molar-refractivity contribution in [3.8, 4) is 5.69 Å². The van der Waals surface area contributed by atoms with Gasteiger partial charge in [0.15, 0.2) is 0 Å². The molecule has 0 bridgehead atoms. The van der Waals surface area contributed by atoms with Crippen LogP contribution in [-0.2, 0) is 22.7 Å². The Morgan fingerprint density at radius 2 is 1.97 bits per heavy atom. The van der Waals surface area contributed by atoms with Crippen LogP contribution in [0.3, 0.4) is 0 Å². The maximum absolute atomic E-state index is 14.7. The lowest BCUT2D eigenvalue weighted by Crippen LogP contribution is -2.47. The third-order valence-corrected chi connectivity index (χ3v) is 8.36. The fourth-order valence-electron chi connectivity index (χ4n) is 4.70. The summed E-state index contributed by atoms with van der Waals surface area (Å²) in [6.45, 7) is 7.80. The van der Waals surface area contributed by atoms with Gasteiger partial charge in [0.05, 0.1) is 16.5 Å². The van der Waals surface area contributed by atoms with Gasteiger partial charge in [-0.2, -0.15) is 0 Å². The lowest BCUT2D eigenvalue weighted by molar-refractivity contribution is 0.00606. The zero-order chi connectivity index (χ0) is 25.3. The first-order valence-corrected chi connectivity index (χ1v) is 13.9. The average molecular weight is 494 g/mol. The van der Waals surface area contributed by atoms with Gasteiger partial charge < -0.3 is 15.0 Å². The molecule has 1 aromatic heterocycles. The van der Waals surface area contributed by atoms with Crippen LogP contribution >= 0.6 is 0 Å². The van der Waals surface area contributed by atoms with Crippen molar-refractivity contribution in [1.29, 1.82) is 0 Å². The molecule has 3 rings (SSSR count). The summed E-state index contributed by atoms with van der Waals surface area (Å²) >= 11 is 0. The van der Waals surface area contributed by atoms with Crippen molar-refractivity contribution >= 4 is 15.7 Å². The number of benzene rings is 1. The molecular formula is C25H36FN3O4S. The SMILES string of the molecule is CCc1nc(C(=O)NCC2(O)CCC(S(C)(=O)=O)CC2)c(C)n1-c1ccc(CC(C)C)c(F)c1. The second-order valence-corrected chi connectivity index (χ2v) is 12.3. The van der Waals surface area contributed by atoms with E-state index in [9.17, 15) is 22.7 Å². The first-order valence-electron chi connectivity index (χ1n) is 11.9. The molecule has 188 valence electrons. The summed E-state index contributed by atoms with van der Waals surface area (Å²) in [4.78, 5) is 17.5. The van der Waals surface area contributed by atoms with E-state index in [0.717, 1.165) is 0 Å². The third-order valence-electron chi connectivity index (χ3n) is 6.68. The Balaban J connectivity index is 1.76. The van der Waals surface area contributed by atoms with Crippen molar-refractivity contribution in [2.24, 2.45) is 5.92 Å². The van der Waals surface area contributed by atoms with E-state index in [1.165, 1.54) is 12.3 Å². The van der Waals surface area contributed by atoms with Crippen molar-refractivity contribution in [2.75, 3.05) is 12.8 Å². The molecule has 1 fully saturated rings. The molecule has 34 heavy (non-hydrogen) atoms. The minimum Gasteiger partial charge on any atom is -0.388 e. The fraction of sp³-hybridized carbons (Fsp3) is 0.600. The number of aryl methyl sites for hydroxylation is 1. The first kappa shape index (κ1) is 26.3. The molecule has 0 spiro atoms. The summed E-state index contributed by atoms with van der Waals surface area (Å²) in [5, 5.41) is 13.2. The zero-order valence-corrected chi connectivity index (χ0v) is 21.5. The molecule has 1 amide bonds. The Labute approximate surface area is 201 Å². The summed E-state index contributed by atoms with van der Waals surface area (Å²) < 4.78 is 40.0. The van der Waals surface area contributed by atoms with Gasteiger partial charge in [0.2, 0.25) is 0 Å². The van der Waals surface area contributed by atoms with Crippen LogP contribution in [0.1, 0.15) is 74.0 Å². The van der Waals surface area contributed by atoms with E-state index < -0.39 is 26.6 Å². The molecule has 9 heteroatoms. The lowest BCUT2D eigenvalue weighted by Gasteiger charge is -2.35. The molecule has 2 aromatic rings. The van der Waals surface area contributed by atoms with Crippen LogP contribution in [0.4, 0.5) is 4.39 Å². The van der Waals surface area contributed by atoms with Gasteiger partial charge in [-0.1, -0.05) is 26.8 Å². The largest absolute Gasteiger partial charge is 0.388 e. The van der Waals surface area contributed by atoms with Crippen LogP contribution in [0.25, 0.3) is 5.69 Å². The summed E-state index contributed by atoms with van der Waals surface area (Å²) in [6, 6.07) is 5.11. The van der Waals surface area contributed by atoms with Crippen molar-refractivity contribution < 1.29 is 22.7 Å². The number of nitrogens with one attached hydrogen (secondary N) is 1. The number of carbonyl (C=O) groups excluding carboxylic acids is 1. The second-order valence-electron chi connectivity index (χ2n) is 9.96. The molecule has 0 saturated heterocycles. The molecule has 0 unspecified atom stereocenters. The molecule has 0 aliphatic heterocycles. The lowest BCUT2D eigenvalue weighted by atomic mass is 9.84. The van der Waals surface area contributed by atoms with Gasteiger partial charge in [0.25, 0.3) is 5.91 Å². The van der Waals surface area contributed by atoms with E-state index in [1.54, 1.807) is 17.6 Å². The molecule has 0 atom stereocenters. The summed E-state index contributed by atoms with van der Waals surface area (Å²) in [6.07, 6.45) is 3.78. The molecule has 1 aromatic carbocycles. The number of aliphatic hydroxyl groups is 1. The van der Waals surface area contributed by atoms with Crippen LogP contribution in [-0.4, -0.2) is 52.6 Å². The number of carbonyl (C=O) groups is 1. The number of aromatic nitrogens is 2. The molecule has 1 aliphatic rings. The first-order chi connectivity index (χ1) is 15.8. The van der Waals surface area contributed by atoms with Crippen molar-refractivity contribution in [2.45, 2.75) is 77.1 Å². The third kappa shape index (κ3) is 5.86. The molecular weight excluding hydrogens is 457 g/mol. The minimum atomic E-state index is -3.14. The summed E-state index contributed by atoms with van der Waals surface area (Å²) in [5.41, 5.74) is 0.959. The number of sulfone groups is 1. The van der Waals surface area contributed by atoms with Crippen molar-refractivity contribution in [1.82, 2.24) is 14.9 Å². The number of hydrogen-bond donors (Lipinski definition) is 2. The number of amides is 1. The van der Waals surface area contributed by atoms with Crippen LogP contribution in [0, 0.1) is 18.7 Å². The van der Waals surface area contributed by atoms with Gasteiger partial charge in [0, 0.05) is 24.9 Å². The zero-order valence-electron chi connectivity index (χ0n) is 20.7. The Morgan fingerprint density at radius 3 is 2.50 bits per heavy atom. The predicted molar refractivity (Wildman–Crippen MR) is 131 cm³/mol. The standard InChI is InChI=1S/C25H36FN3O4S/c1-6-22-28-23(17(4)29(22)19-8-7-18(13-16(2)3)21(26)14-19)24(30)27-15-25(31)11-9-20(10-12-25)34(5,32)33/h7-8,14,16,20,31H,6,9-13,15H2,1-5H3,(H,27,30). The van der Waals surface area contributed by atoms with Crippen LogP contribution in [0.5, 0.6) is 0 Å². The fourth-order valence-corrected chi connectivity index (χ4v) is 5.79. The minimum absolute atomic E-state index is 0.0224. The van der Waals surface area contributed by atoms with E-state index in [-0.39, 0.29) is 18.1 Å². The van der Waals surface area contributed by atoms with E-state index in [2.05, 4.69) is 10.3 Å². The summed E-state index contributed by atoms with van der Waals surface area (Å²) in [5.74, 6) is 0.292. The normalized spacial score (nSPS) is 21.1. The van der Waals surface area contributed by atoms with Gasteiger partial charge in [-0.15, -0.1) is 0 Å². The number of nitrogens with zero attached hydrogens (tertiary/aromatic N) is 2. The Hall–Kier alpha value is -2.26. The van der Waals surface area contributed by atoms with Crippen molar-refractivity contribution in [3.05, 3.63) is 46.8 Å². The van der Waals surface area contributed by atoms with Crippen LogP contribution < -0.4 is 5.32 Å². The molecule has 1 heterocycles. The van der Waals surface area contributed by atoms with Gasteiger partial charge in [0.1, 0.15) is 27.2 Å². The molecule has 0 radical (unpaired) electrons. The highest BCUT2D eigenvalue weighted by Crippen LogP contribution is 2.31. The Morgan fingerprint density at radius 1 is 1.32 bits per heavy atom. The van der Waals surface area contributed by atoms with E-state index in [1.807, 2.05) is 26.8 Å². The van der Waals surface area contributed by atoms with E-state index in [0.29, 0.717) is 67.2 Å². The van der Waals surface area contributed by atoms with Gasteiger partial charge in [-0.25, -0.2) is 17.8 Å². The predicted octanol–water partition coefficient (Wildman–Crippen LogP) is 3.53. The second kappa shape index (κ2) is 10.2. The number of imidazole rings is 1. The molecule has 7 nitrogen and oxygen atoms in total. The quantitative estimate of drug-likeness (QED) is 0.586. The smallest absolute Gasteiger partial charge is 0.271 e. The highest BCUT2D eigenvalue weighted by atomic mass is 32.2. The maximum Gasteiger partial charge on any atom is 0.271 e. The van der Waals surface area contributed by atoms with Gasteiger partial charge in [-0.05, 0) is 62.6 Å². The number of rotatable bonds is 8. The Kier molecular flexibility index (Phi) is 7.87. The number of halogens is 1. The number of hydrogen-bond acceptors (Lipinski definition) is 5. The highest BCUT2D eigenvalue weighted by Gasteiger charge is 2.37. The monoisotopic (exact) mass is 493 g/mol. The van der Waals surface area contributed by atoms with E-state index >= 15 is 0 Å². The Bertz CT molecular complexity index is 1150. The molecule has 1 aliphatic carbocycles. The molecule has 1 saturated carbocycles. The summed E-state index contributed by atoms with van der Waals surface area (Å²) in [7, 11) is -3.14. The molecule has 2 N–H and O–H groups in total. The van der Waals surface area contributed by atoms with E-state index in [4.69, 9.17) is 0 Å². The van der Waals surface area contributed by atoms with Gasteiger partial charge >= 0.3 is 0 Å². The maximum atomic E-state index is 14.7. The topological polar surface area (TPSA) is 101 Å². The van der Waals surface area contributed by atoms with Crippen LogP contribution in [0.15, 0.2) is 18.2 Å².